The van der Waals surface area contributed by atoms with Gasteiger partial charge in [-0.2, -0.15) is 0 Å². The van der Waals surface area contributed by atoms with Crippen LogP contribution < -0.4 is 0 Å². The first-order valence-corrected chi connectivity index (χ1v) is 5.12. The minimum Gasteiger partial charge on any atom is -0.457 e. The highest BCUT2D eigenvalue weighted by Gasteiger charge is 1.83. The van der Waals surface area contributed by atoms with Crippen molar-refractivity contribution in [3.63, 3.8) is 0 Å². The van der Waals surface area contributed by atoms with Gasteiger partial charge in [0.2, 0.25) is 0 Å². The minimum absolute atomic E-state index is 0.406. The van der Waals surface area contributed by atoms with Gasteiger partial charge in [-0.05, 0) is 0 Å². The van der Waals surface area contributed by atoms with Crippen molar-refractivity contribution in [1.29, 1.82) is 0 Å². The average molecular weight is 188 g/mol. The van der Waals surface area contributed by atoms with Gasteiger partial charge in [-0.15, -0.1) is 0 Å². The first kappa shape index (κ1) is 15.5. The molecule has 0 saturated carbocycles. The zero-order valence-corrected chi connectivity index (χ0v) is 8.96. The molecule has 0 atom stereocenters. The number of hydrogen-bond acceptors (Lipinski definition) is 3. The van der Waals surface area contributed by atoms with Crippen LogP contribution in [0.4, 0.5) is 0 Å². The summed E-state index contributed by atoms with van der Waals surface area (Å²) < 4.78 is 3.94. The summed E-state index contributed by atoms with van der Waals surface area (Å²) in [6.07, 6.45) is 8.49. The molecule has 0 saturated heterocycles. The van der Waals surface area contributed by atoms with E-state index in [2.05, 4.69) is 18.4 Å². The van der Waals surface area contributed by atoms with Crippen LogP contribution in [0.1, 0.15) is 52.4 Å². The average Bonchev–Trinajstić information content (AvgIpc) is 2.15. The van der Waals surface area contributed by atoms with Gasteiger partial charge in [0.1, 0.15) is 0 Å². The molecule has 0 unspecified atom stereocenters. The second-order valence-electron chi connectivity index (χ2n) is 2.88. The summed E-state index contributed by atoms with van der Waals surface area (Å²) in [7, 11) is -0.812. The summed E-state index contributed by atoms with van der Waals surface area (Å²) in [6, 6.07) is 0. The van der Waals surface area contributed by atoms with E-state index >= 15 is 0 Å². The quantitative estimate of drug-likeness (QED) is 0.460. The van der Waals surface area contributed by atoms with Crippen molar-refractivity contribution in [2.24, 2.45) is 0 Å². The van der Waals surface area contributed by atoms with Gasteiger partial charge in [0.15, 0.2) is 0 Å². The molecule has 0 rings (SSSR count). The van der Waals surface area contributed by atoms with E-state index in [1.54, 1.807) is 0 Å². The normalized spacial score (nSPS) is 8.62. The maximum atomic E-state index is 7.68. The summed E-state index contributed by atoms with van der Waals surface area (Å²) >= 11 is 0. The third-order valence-electron chi connectivity index (χ3n) is 1.64. The lowest BCUT2D eigenvalue weighted by atomic mass is 10.1. The molecule has 0 aromatic rings. The van der Waals surface area contributed by atoms with E-state index in [4.69, 9.17) is 10.0 Å². The Morgan fingerprint density at radius 2 is 1.23 bits per heavy atom. The Morgan fingerprint density at radius 3 is 1.38 bits per heavy atom. The zero-order chi connectivity index (χ0) is 10.4. The third-order valence-corrected chi connectivity index (χ3v) is 1.64. The molecule has 5 heteroatoms. The Balaban J connectivity index is 0. The molecule has 78 valence electrons. The van der Waals surface area contributed by atoms with Crippen LogP contribution in [0.2, 0.25) is 0 Å². The zero-order valence-electron chi connectivity index (χ0n) is 8.96. The molecule has 2 N–H and O–H groups in total. The monoisotopic (exact) mass is 188 g/mol. The molecule has 0 spiro atoms. The molecule has 0 radical (unpaired) electrons. The standard InChI is InChI=1S/C8H18.B2H4O3/c1-3-5-7-8-6-4-2;3-1-5-2-4/h3-8H2,1-2H3;1-4H. The van der Waals surface area contributed by atoms with E-state index in [-0.39, 0.29) is 0 Å². The summed E-state index contributed by atoms with van der Waals surface area (Å²) in [4.78, 5) is 0. The predicted octanol–water partition coefficient (Wildman–Crippen LogP) is 0.887. The van der Waals surface area contributed by atoms with Crippen molar-refractivity contribution in [2.75, 3.05) is 0 Å². The molecular weight excluding hydrogens is 166 g/mol. The van der Waals surface area contributed by atoms with Crippen LogP contribution in [0.15, 0.2) is 0 Å². The Labute approximate surface area is 83.1 Å². The van der Waals surface area contributed by atoms with Gasteiger partial charge in [-0.1, -0.05) is 52.4 Å². The molecule has 0 amide bonds. The van der Waals surface area contributed by atoms with Gasteiger partial charge < -0.3 is 14.6 Å². The van der Waals surface area contributed by atoms with Crippen LogP contribution in [0.25, 0.3) is 0 Å². The summed E-state index contributed by atoms with van der Waals surface area (Å²) in [5.41, 5.74) is 0. The largest absolute Gasteiger partial charge is 0.457 e. The van der Waals surface area contributed by atoms with Gasteiger partial charge in [0, 0.05) is 0 Å². The molecule has 0 bridgehead atoms. The van der Waals surface area contributed by atoms with Crippen molar-refractivity contribution >= 4 is 15.4 Å². The SMILES string of the molecule is CCCCCCCC.OBOBO. The fourth-order valence-electron chi connectivity index (χ4n) is 0.894. The lowest BCUT2D eigenvalue weighted by Crippen LogP contribution is -2.00. The van der Waals surface area contributed by atoms with Gasteiger partial charge >= 0.3 is 15.4 Å². The van der Waals surface area contributed by atoms with Crippen molar-refractivity contribution in [1.82, 2.24) is 0 Å². The molecule has 0 aliphatic heterocycles. The highest BCUT2D eigenvalue weighted by molar-refractivity contribution is 6.32. The molecule has 13 heavy (non-hydrogen) atoms. The van der Waals surface area contributed by atoms with Crippen molar-refractivity contribution in [3.8, 4) is 0 Å². The molecule has 3 nitrogen and oxygen atoms in total. The second kappa shape index (κ2) is 17.9. The van der Waals surface area contributed by atoms with Gasteiger partial charge in [-0.3, -0.25) is 0 Å². The Kier molecular flexibility index (Phi) is 21.4. The molecular formula is C8H22B2O3. The molecule has 0 heterocycles. The number of rotatable bonds is 7. The van der Waals surface area contributed by atoms with Gasteiger partial charge in [0.25, 0.3) is 0 Å². The fourth-order valence-corrected chi connectivity index (χ4v) is 0.894. The van der Waals surface area contributed by atoms with E-state index in [9.17, 15) is 0 Å². The van der Waals surface area contributed by atoms with E-state index in [0.29, 0.717) is 0 Å². The fraction of sp³-hybridized carbons (Fsp3) is 1.00. The van der Waals surface area contributed by atoms with E-state index in [0.717, 1.165) is 0 Å². The molecule has 0 aliphatic rings. The Bertz CT molecular complexity index is 66.4. The van der Waals surface area contributed by atoms with Crippen molar-refractivity contribution in [3.05, 3.63) is 0 Å². The Morgan fingerprint density at radius 1 is 0.846 bits per heavy atom. The highest BCUT2D eigenvalue weighted by atomic mass is 16.5. The molecule has 0 fully saturated rings. The predicted molar refractivity (Wildman–Crippen MR) is 58.9 cm³/mol. The van der Waals surface area contributed by atoms with Crippen molar-refractivity contribution in [2.45, 2.75) is 52.4 Å². The van der Waals surface area contributed by atoms with Gasteiger partial charge in [0.05, 0.1) is 0 Å². The topological polar surface area (TPSA) is 49.7 Å². The Hall–Kier alpha value is 0.00987. The van der Waals surface area contributed by atoms with Crippen LogP contribution >= 0.6 is 0 Å². The van der Waals surface area contributed by atoms with Crippen LogP contribution in [-0.4, -0.2) is 25.4 Å². The molecule has 0 aliphatic carbocycles. The maximum Gasteiger partial charge on any atom is 0.421 e. The first-order chi connectivity index (χ1) is 6.33. The lowest BCUT2D eigenvalue weighted by molar-refractivity contribution is 0.408. The summed E-state index contributed by atoms with van der Waals surface area (Å²) in [5.74, 6) is 0. The van der Waals surface area contributed by atoms with Crippen LogP contribution in [0.3, 0.4) is 0 Å². The van der Waals surface area contributed by atoms with Gasteiger partial charge in [-0.25, -0.2) is 0 Å². The van der Waals surface area contributed by atoms with Crippen molar-refractivity contribution < 1.29 is 14.6 Å². The highest BCUT2D eigenvalue weighted by Crippen LogP contribution is 2.03. The number of unbranched alkanes of at least 4 members (excludes halogenated alkanes) is 5. The number of hydrogen-bond donors (Lipinski definition) is 2. The maximum absolute atomic E-state index is 7.68. The summed E-state index contributed by atoms with van der Waals surface area (Å²) in [6.45, 7) is 4.51. The lowest BCUT2D eigenvalue weighted by Gasteiger charge is -1.93. The third kappa shape index (κ3) is 24.5. The van der Waals surface area contributed by atoms with E-state index < -0.39 is 15.4 Å². The second-order valence-corrected chi connectivity index (χ2v) is 2.88. The smallest absolute Gasteiger partial charge is 0.421 e. The minimum atomic E-state index is -0.406. The summed E-state index contributed by atoms with van der Waals surface area (Å²) in [5, 5.41) is 15.4. The van der Waals surface area contributed by atoms with E-state index in [1.165, 1.54) is 38.5 Å². The molecule has 0 aromatic heterocycles. The van der Waals surface area contributed by atoms with E-state index in [1.807, 2.05) is 0 Å². The molecule has 0 aromatic carbocycles. The van der Waals surface area contributed by atoms with Crippen LogP contribution in [0.5, 0.6) is 0 Å². The van der Waals surface area contributed by atoms with Crippen LogP contribution in [-0.2, 0) is 4.57 Å². The first-order valence-electron chi connectivity index (χ1n) is 5.12. The van der Waals surface area contributed by atoms with Crippen LogP contribution in [0, 0.1) is 0 Å².